The first-order valence-electron chi connectivity index (χ1n) is 6.23. The second-order valence-electron chi connectivity index (χ2n) is 4.47. The maximum Gasteiger partial charge on any atom is 0.267 e. The molecule has 7 heteroatoms. The van der Waals surface area contributed by atoms with Crippen molar-refractivity contribution in [3.8, 4) is 22.8 Å². The molecular formula is C14H12N6O. The van der Waals surface area contributed by atoms with Crippen LogP contribution in [0.1, 0.15) is 10.5 Å². The van der Waals surface area contributed by atoms with Gasteiger partial charge in [-0.25, -0.2) is 9.97 Å². The zero-order chi connectivity index (χ0) is 14.8. The van der Waals surface area contributed by atoms with Crippen molar-refractivity contribution in [2.45, 2.75) is 0 Å². The van der Waals surface area contributed by atoms with E-state index < -0.39 is 5.91 Å². The number of amides is 1. The van der Waals surface area contributed by atoms with E-state index in [0.717, 1.165) is 17.0 Å². The molecule has 0 bridgehead atoms. The first-order valence-corrected chi connectivity index (χ1v) is 6.23. The highest BCUT2D eigenvalue weighted by Gasteiger charge is 2.08. The summed E-state index contributed by atoms with van der Waals surface area (Å²) < 4.78 is 1.83. The van der Waals surface area contributed by atoms with Crippen LogP contribution < -0.4 is 5.73 Å². The standard InChI is InChI=1S/C14H12N6O/c1-20-8-17-19-14(20)10-4-2-9(3-5-10)13-16-7-6-11(18-13)12(15)21/h2-8H,1H3,(H2,15,21). The van der Waals surface area contributed by atoms with Gasteiger partial charge >= 0.3 is 0 Å². The normalized spacial score (nSPS) is 10.5. The van der Waals surface area contributed by atoms with Crippen LogP contribution in [0.15, 0.2) is 42.9 Å². The second kappa shape index (κ2) is 5.12. The van der Waals surface area contributed by atoms with E-state index in [9.17, 15) is 4.79 Å². The van der Waals surface area contributed by atoms with Gasteiger partial charge in [-0.2, -0.15) is 0 Å². The highest BCUT2D eigenvalue weighted by molar-refractivity contribution is 5.91. The van der Waals surface area contributed by atoms with Crippen LogP contribution in [0.3, 0.4) is 0 Å². The number of hydrogen-bond acceptors (Lipinski definition) is 5. The molecule has 0 saturated heterocycles. The molecule has 3 rings (SSSR count). The Labute approximate surface area is 120 Å². The average Bonchev–Trinajstić information content (AvgIpc) is 2.94. The molecule has 0 fully saturated rings. The third-order valence-corrected chi connectivity index (χ3v) is 3.02. The molecule has 0 aliphatic heterocycles. The lowest BCUT2D eigenvalue weighted by molar-refractivity contribution is 0.0995. The highest BCUT2D eigenvalue weighted by Crippen LogP contribution is 2.21. The van der Waals surface area contributed by atoms with E-state index in [4.69, 9.17) is 5.73 Å². The van der Waals surface area contributed by atoms with Crippen LogP contribution in [0, 0.1) is 0 Å². The summed E-state index contributed by atoms with van der Waals surface area (Å²) in [5.41, 5.74) is 7.14. The maximum absolute atomic E-state index is 11.1. The van der Waals surface area contributed by atoms with Gasteiger partial charge < -0.3 is 10.3 Å². The van der Waals surface area contributed by atoms with Crippen LogP contribution in [-0.2, 0) is 7.05 Å². The first kappa shape index (κ1) is 12.9. The summed E-state index contributed by atoms with van der Waals surface area (Å²) in [5.74, 6) is 0.651. The minimum absolute atomic E-state index is 0.192. The lowest BCUT2D eigenvalue weighted by atomic mass is 10.1. The minimum atomic E-state index is -0.575. The van der Waals surface area contributed by atoms with Crippen LogP contribution in [0.25, 0.3) is 22.8 Å². The van der Waals surface area contributed by atoms with E-state index >= 15 is 0 Å². The summed E-state index contributed by atoms with van der Waals surface area (Å²) in [7, 11) is 1.88. The Bertz CT molecular complexity index is 793. The molecule has 7 nitrogen and oxygen atoms in total. The first-order chi connectivity index (χ1) is 10.1. The van der Waals surface area contributed by atoms with E-state index in [2.05, 4.69) is 20.2 Å². The lowest BCUT2D eigenvalue weighted by Gasteiger charge is -2.04. The third kappa shape index (κ3) is 2.48. The number of nitrogens with two attached hydrogens (primary N) is 1. The molecule has 0 aliphatic carbocycles. The van der Waals surface area contributed by atoms with Gasteiger partial charge in [0.15, 0.2) is 11.6 Å². The van der Waals surface area contributed by atoms with E-state index in [1.807, 2.05) is 35.9 Å². The number of nitrogens with zero attached hydrogens (tertiary/aromatic N) is 5. The number of carbonyl (C=O) groups is 1. The largest absolute Gasteiger partial charge is 0.364 e. The summed E-state index contributed by atoms with van der Waals surface area (Å²) in [6.45, 7) is 0. The van der Waals surface area contributed by atoms with Crippen molar-refractivity contribution in [3.05, 3.63) is 48.5 Å². The van der Waals surface area contributed by atoms with Gasteiger partial charge in [0, 0.05) is 24.4 Å². The van der Waals surface area contributed by atoms with Crippen LogP contribution >= 0.6 is 0 Å². The molecular weight excluding hydrogens is 268 g/mol. The number of benzene rings is 1. The molecule has 1 amide bonds. The highest BCUT2D eigenvalue weighted by atomic mass is 16.1. The molecule has 1 aromatic carbocycles. The summed E-state index contributed by atoms with van der Waals surface area (Å²) in [4.78, 5) is 19.4. The maximum atomic E-state index is 11.1. The summed E-state index contributed by atoms with van der Waals surface area (Å²) >= 11 is 0. The number of aryl methyl sites for hydroxylation is 1. The van der Waals surface area contributed by atoms with E-state index in [1.165, 1.54) is 12.3 Å². The Morgan fingerprint density at radius 1 is 1.14 bits per heavy atom. The number of primary amides is 1. The molecule has 0 radical (unpaired) electrons. The Morgan fingerprint density at radius 3 is 2.48 bits per heavy atom. The molecule has 3 aromatic rings. The van der Waals surface area contributed by atoms with Crippen LogP contribution in [0.5, 0.6) is 0 Å². The minimum Gasteiger partial charge on any atom is -0.364 e. The monoisotopic (exact) mass is 280 g/mol. The number of aromatic nitrogens is 5. The van der Waals surface area contributed by atoms with Crippen molar-refractivity contribution in [2.24, 2.45) is 12.8 Å². The SMILES string of the molecule is Cn1cnnc1-c1ccc(-c2nccc(C(N)=O)n2)cc1. The van der Waals surface area contributed by atoms with Gasteiger partial charge in [0.05, 0.1) is 0 Å². The van der Waals surface area contributed by atoms with Gasteiger partial charge in [-0.05, 0) is 6.07 Å². The van der Waals surface area contributed by atoms with Crippen molar-refractivity contribution >= 4 is 5.91 Å². The summed E-state index contributed by atoms with van der Waals surface area (Å²) in [6, 6.07) is 9.02. The molecule has 0 unspecified atom stereocenters. The van der Waals surface area contributed by atoms with Gasteiger partial charge in [-0.1, -0.05) is 24.3 Å². The quantitative estimate of drug-likeness (QED) is 0.772. The van der Waals surface area contributed by atoms with Crippen LogP contribution in [0.2, 0.25) is 0 Å². The van der Waals surface area contributed by atoms with Gasteiger partial charge in [0.2, 0.25) is 0 Å². The summed E-state index contributed by atoms with van der Waals surface area (Å²) in [5, 5.41) is 7.89. The fourth-order valence-corrected chi connectivity index (χ4v) is 1.95. The van der Waals surface area contributed by atoms with Crippen LogP contribution in [-0.4, -0.2) is 30.6 Å². The molecule has 2 heterocycles. The van der Waals surface area contributed by atoms with E-state index in [1.54, 1.807) is 6.33 Å². The number of hydrogen-bond donors (Lipinski definition) is 1. The predicted molar refractivity (Wildman–Crippen MR) is 76.0 cm³/mol. The Balaban J connectivity index is 1.96. The fraction of sp³-hybridized carbons (Fsp3) is 0.0714. The summed E-state index contributed by atoms with van der Waals surface area (Å²) in [6.07, 6.45) is 3.15. The zero-order valence-electron chi connectivity index (χ0n) is 11.3. The van der Waals surface area contributed by atoms with Gasteiger partial charge in [-0.3, -0.25) is 4.79 Å². The topological polar surface area (TPSA) is 99.6 Å². The van der Waals surface area contributed by atoms with Crippen LogP contribution in [0.4, 0.5) is 0 Å². The molecule has 2 aromatic heterocycles. The zero-order valence-corrected chi connectivity index (χ0v) is 11.3. The average molecular weight is 280 g/mol. The van der Waals surface area contributed by atoms with Crippen molar-refractivity contribution in [1.82, 2.24) is 24.7 Å². The fourth-order valence-electron chi connectivity index (χ4n) is 1.95. The molecule has 0 spiro atoms. The Hall–Kier alpha value is -3.09. The van der Waals surface area contributed by atoms with Crippen molar-refractivity contribution in [3.63, 3.8) is 0 Å². The molecule has 0 saturated carbocycles. The second-order valence-corrected chi connectivity index (χ2v) is 4.47. The molecule has 104 valence electrons. The smallest absolute Gasteiger partial charge is 0.267 e. The Kier molecular flexibility index (Phi) is 3.15. The molecule has 0 atom stereocenters. The van der Waals surface area contributed by atoms with Crippen molar-refractivity contribution in [2.75, 3.05) is 0 Å². The number of rotatable bonds is 3. The van der Waals surface area contributed by atoms with Gasteiger partial charge in [0.1, 0.15) is 12.0 Å². The molecule has 0 aliphatic rings. The lowest BCUT2D eigenvalue weighted by Crippen LogP contribution is -2.13. The van der Waals surface area contributed by atoms with Crippen molar-refractivity contribution in [1.29, 1.82) is 0 Å². The van der Waals surface area contributed by atoms with E-state index in [-0.39, 0.29) is 5.69 Å². The van der Waals surface area contributed by atoms with Gasteiger partial charge in [-0.15, -0.1) is 10.2 Å². The predicted octanol–water partition coefficient (Wildman–Crippen LogP) is 1.04. The Morgan fingerprint density at radius 2 is 1.86 bits per heavy atom. The van der Waals surface area contributed by atoms with Gasteiger partial charge in [0.25, 0.3) is 5.91 Å². The molecule has 2 N–H and O–H groups in total. The third-order valence-electron chi connectivity index (χ3n) is 3.02. The molecule has 21 heavy (non-hydrogen) atoms. The number of carbonyl (C=O) groups excluding carboxylic acids is 1. The van der Waals surface area contributed by atoms with Crippen molar-refractivity contribution < 1.29 is 4.79 Å². The van der Waals surface area contributed by atoms with E-state index in [0.29, 0.717) is 5.82 Å².